The fourth-order valence-corrected chi connectivity index (χ4v) is 1.85. The van der Waals surface area contributed by atoms with Crippen molar-refractivity contribution in [3.8, 4) is 11.8 Å². The Morgan fingerprint density at radius 3 is 2.56 bits per heavy atom. The monoisotopic (exact) mass is 257 g/mol. The van der Waals surface area contributed by atoms with Gasteiger partial charge in [0.15, 0.2) is 0 Å². The van der Waals surface area contributed by atoms with E-state index in [0.717, 1.165) is 6.42 Å². The number of benzene rings is 2. The van der Waals surface area contributed by atoms with E-state index in [9.17, 15) is 0 Å². The lowest BCUT2D eigenvalue weighted by Gasteiger charge is -2.08. The Morgan fingerprint density at radius 2 is 1.89 bits per heavy atom. The summed E-state index contributed by atoms with van der Waals surface area (Å²) in [6.45, 7) is 0.565. The summed E-state index contributed by atoms with van der Waals surface area (Å²) in [5.74, 6) is 0.617. The van der Waals surface area contributed by atoms with Crippen LogP contribution in [0.15, 0.2) is 48.5 Å². The molecule has 0 N–H and O–H groups in total. The average Bonchev–Trinajstić information content (AvgIpc) is 2.42. The van der Waals surface area contributed by atoms with Crippen molar-refractivity contribution >= 4 is 11.6 Å². The largest absolute Gasteiger partial charge is 0.492 e. The van der Waals surface area contributed by atoms with Crippen LogP contribution in [-0.4, -0.2) is 6.61 Å². The van der Waals surface area contributed by atoms with Gasteiger partial charge < -0.3 is 4.74 Å². The fourth-order valence-electron chi connectivity index (χ4n) is 1.61. The highest BCUT2D eigenvalue weighted by atomic mass is 35.5. The standard InChI is InChI=1S/C15H12ClNO/c16-14-10-13(11-17)6-7-15(14)18-9-8-12-4-2-1-3-5-12/h1-7,10H,8-9H2. The first kappa shape index (κ1) is 12.5. The Bertz CT molecular complexity index is 560. The van der Waals surface area contributed by atoms with Gasteiger partial charge in [0.1, 0.15) is 5.75 Å². The zero-order valence-corrected chi connectivity index (χ0v) is 10.5. The summed E-state index contributed by atoms with van der Waals surface area (Å²) in [7, 11) is 0. The summed E-state index contributed by atoms with van der Waals surface area (Å²) in [5, 5.41) is 9.20. The molecule has 0 aliphatic heterocycles. The minimum atomic E-state index is 0.474. The Hall–Kier alpha value is -1.98. The third-order valence-electron chi connectivity index (χ3n) is 2.55. The van der Waals surface area contributed by atoms with Gasteiger partial charge in [-0.2, -0.15) is 5.26 Å². The van der Waals surface area contributed by atoms with Gasteiger partial charge in [-0.1, -0.05) is 41.9 Å². The Kier molecular flexibility index (Phi) is 4.22. The average molecular weight is 258 g/mol. The fraction of sp³-hybridized carbons (Fsp3) is 0.133. The predicted molar refractivity (Wildman–Crippen MR) is 71.8 cm³/mol. The minimum absolute atomic E-state index is 0.474. The number of nitrogens with zero attached hydrogens (tertiary/aromatic N) is 1. The molecule has 0 saturated carbocycles. The maximum absolute atomic E-state index is 8.73. The van der Waals surface area contributed by atoms with Gasteiger partial charge in [-0.05, 0) is 23.8 Å². The molecule has 0 amide bonds. The molecule has 2 aromatic carbocycles. The zero-order chi connectivity index (χ0) is 12.8. The van der Waals surface area contributed by atoms with Crippen LogP contribution in [0, 0.1) is 11.3 Å². The van der Waals surface area contributed by atoms with E-state index >= 15 is 0 Å². The van der Waals surface area contributed by atoms with E-state index in [1.54, 1.807) is 18.2 Å². The van der Waals surface area contributed by atoms with E-state index in [0.29, 0.717) is 22.9 Å². The molecule has 2 nitrogen and oxygen atoms in total. The second kappa shape index (κ2) is 6.09. The molecule has 2 rings (SSSR count). The van der Waals surface area contributed by atoms with Crippen molar-refractivity contribution in [1.82, 2.24) is 0 Å². The van der Waals surface area contributed by atoms with Crippen molar-refractivity contribution in [3.05, 3.63) is 64.7 Å². The molecule has 0 spiro atoms. The molecule has 2 aromatic rings. The van der Waals surface area contributed by atoms with Crippen LogP contribution < -0.4 is 4.74 Å². The summed E-state index contributed by atoms with van der Waals surface area (Å²) in [5.41, 5.74) is 1.76. The summed E-state index contributed by atoms with van der Waals surface area (Å²) in [6, 6.07) is 17.2. The highest BCUT2D eigenvalue weighted by molar-refractivity contribution is 6.32. The third-order valence-corrected chi connectivity index (χ3v) is 2.85. The smallest absolute Gasteiger partial charge is 0.137 e. The van der Waals surface area contributed by atoms with E-state index in [-0.39, 0.29) is 0 Å². The second-order valence-electron chi connectivity index (χ2n) is 3.84. The predicted octanol–water partition coefficient (Wildman–Crippen LogP) is 3.83. The van der Waals surface area contributed by atoms with Crippen LogP contribution in [0.3, 0.4) is 0 Å². The Balaban J connectivity index is 1.93. The molecule has 0 atom stereocenters. The number of hydrogen-bond donors (Lipinski definition) is 0. The molecular weight excluding hydrogens is 246 g/mol. The Labute approximate surface area is 111 Å². The highest BCUT2D eigenvalue weighted by Crippen LogP contribution is 2.25. The number of halogens is 1. The number of ether oxygens (including phenoxy) is 1. The molecule has 90 valence electrons. The molecule has 0 heterocycles. The molecule has 0 unspecified atom stereocenters. The molecule has 0 radical (unpaired) electrons. The van der Waals surface area contributed by atoms with Crippen LogP contribution in [0.25, 0.3) is 0 Å². The highest BCUT2D eigenvalue weighted by Gasteiger charge is 2.02. The number of rotatable bonds is 4. The van der Waals surface area contributed by atoms with Crippen molar-refractivity contribution in [3.63, 3.8) is 0 Å². The van der Waals surface area contributed by atoms with Crippen molar-refractivity contribution in [1.29, 1.82) is 5.26 Å². The van der Waals surface area contributed by atoms with Gasteiger partial charge in [-0.15, -0.1) is 0 Å². The lowest BCUT2D eigenvalue weighted by molar-refractivity contribution is 0.322. The molecule has 0 aromatic heterocycles. The van der Waals surface area contributed by atoms with Gasteiger partial charge in [0.2, 0.25) is 0 Å². The van der Waals surface area contributed by atoms with Gasteiger partial charge in [0.25, 0.3) is 0 Å². The maximum atomic E-state index is 8.73. The summed E-state index contributed by atoms with van der Waals surface area (Å²) in [4.78, 5) is 0. The van der Waals surface area contributed by atoms with Crippen molar-refractivity contribution < 1.29 is 4.74 Å². The zero-order valence-electron chi connectivity index (χ0n) is 9.77. The Morgan fingerprint density at radius 1 is 1.11 bits per heavy atom. The van der Waals surface area contributed by atoms with Crippen LogP contribution in [0.4, 0.5) is 0 Å². The molecule has 0 bridgehead atoms. The van der Waals surface area contributed by atoms with E-state index in [4.69, 9.17) is 21.6 Å². The molecule has 0 saturated heterocycles. The van der Waals surface area contributed by atoms with E-state index in [1.165, 1.54) is 5.56 Å². The minimum Gasteiger partial charge on any atom is -0.492 e. The van der Waals surface area contributed by atoms with E-state index in [2.05, 4.69) is 12.1 Å². The SMILES string of the molecule is N#Cc1ccc(OCCc2ccccc2)c(Cl)c1. The van der Waals surface area contributed by atoms with Gasteiger partial charge in [0.05, 0.1) is 23.3 Å². The van der Waals surface area contributed by atoms with Crippen molar-refractivity contribution in [2.75, 3.05) is 6.61 Å². The van der Waals surface area contributed by atoms with Crippen molar-refractivity contribution in [2.24, 2.45) is 0 Å². The second-order valence-corrected chi connectivity index (χ2v) is 4.25. The molecule has 0 aliphatic carbocycles. The summed E-state index contributed by atoms with van der Waals surface area (Å²) < 4.78 is 5.60. The number of hydrogen-bond acceptors (Lipinski definition) is 2. The first-order chi connectivity index (χ1) is 8.79. The van der Waals surface area contributed by atoms with Crippen LogP contribution in [0.2, 0.25) is 5.02 Å². The topological polar surface area (TPSA) is 33.0 Å². The van der Waals surface area contributed by atoms with Gasteiger partial charge in [0, 0.05) is 6.42 Å². The first-order valence-electron chi connectivity index (χ1n) is 5.66. The van der Waals surface area contributed by atoms with E-state index < -0.39 is 0 Å². The molecule has 3 heteroatoms. The van der Waals surface area contributed by atoms with Crippen LogP contribution >= 0.6 is 11.6 Å². The quantitative estimate of drug-likeness (QED) is 0.834. The molecular formula is C15H12ClNO. The van der Waals surface area contributed by atoms with Gasteiger partial charge in [-0.25, -0.2) is 0 Å². The molecule has 18 heavy (non-hydrogen) atoms. The van der Waals surface area contributed by atoms with Crippen molar-refractivity contribution in [2.45, 2.75) is 6.42 Å². The van der Waals surface area contributed by atoms with Gasteiger partial charge in [-0.3, -0.25) is 0 Å². The lowest BCUT2D eigenvalue weighted by Crippen LogP contribution is -2.01. The van der Waals surface area contributed by atoms with Crippen LogP contribution in [0.1, 0.15) is 11.1 Å². The lowest BCUT2D eigenvalue weighted by atomic mass is 10.2. The molecule has 0 aliphatic rings. The first-order valence-corrected chi connectivity index (χ1v) is 6.04. The van der Waals surface area contributed by atoms with E-state index in [1.807, 2.05) is 24.3 Å². The normalized spacial score (nSPS) is 9.78. The molecule has 0 fully saturated rings. The third kappa shape index (κ3) is 3.26. The van der Waals surface area contributed by atoms with Gasteiger partial charge >= 0.3 is 0 Å². The number of nitriles is 1. The van der Waals surface area contributed by atoms with Crippen LogP contribution in [-0.2, 0) is 6.42 Å². The summed E-state index contributed by atoms with van der Waals surface area (Å²) >= 11 is 6.01. The maximum Gasteiger partial charge on any atom is 0.137 e. The van der Waals surface area contributed by atoms with Crippen LogP contribution in [0.5, 0.6) is 5.75 Å². The summed E-state index contributed by atoms with van der Waals surface area (Å²) in [6.07, 6.45) is 0.831.